The fourth-order valence-electron chi connectivity index (χ4n) is 1.81. The van der Waals surface area contributed by atoms with Gasteiger partial charge in [0.1, 0.15) is 0 Å². The zero-order chi connectivity index (χ0) is 14.7. The Morgan fingerprint density at radius 3 is 2.26 bits per heavy atom. The summed E-state index contributed by atoms with van der Waals surface area (Å²) in [5.74, 6) is 0.679. The van der Waals surface area contributed by atoms with Crippen molar-refractivity contribution in [3.63, 3.8) is 0 Å². The monoisotopic (exact) mass is 282 g/mol. The van der Waals surface area contributed by atoms with Crippen molar-refractivity contribution >= 4 is 11.3 Å². The molecule has 0 aliphatic rings. The number of nitrogens with one attached hydrogen (secondary N) is 1. The van der Waals surface area contributed by atoms with Gasteiger partial charge < -0.3 is 5.32 Å². The van der Waals surface area contributed by atoms with Crippen molar-refractivity contribution in [2.45, 2.75) is 72.3 Å². The van der Waals surface area contributed by atoms with Crippen LogP contribution in [0.1, 0.15) is 65.6 Å². The lowest BCUT2D eigenvalue weighted by molar-refractivity contribution is 0.362. The van der Waals surface area contributed by atoms with Crippen molar-refractivity contribution in [3.8, 4) is 0 Å². The predicted molar refractivity (Wildman–Crippen MR) is 86.1 cm³/mol. The van der Waals surface area contributed by atoms with Gasteiger partial charge in [-0.3, -0.25) is 0 Å². The molecule has 0 saturated heterocycles. The molecule has 1 N–H and O–H groups in total. The maximum Gasteiger partial charge on any atom is 0.0931 e. The minimum Gasteiger partial charge on any atom is -0.312 e. The highest BCUT2D eigenvalue weighted by Crippen LogP contribution is 2.25. The molecule has 0 saturated carbocycles. The van der Waals surface area contributed by atoms with Gasteiger partial charge in [0.25, 0.3) is 0 Å². The van der Waals surface area contributed by atoms with Gasteiger partial charge in [-0.05, 0) is 33.2 Å². The van der Waals surface area contributed by atoms with Crippen LogP contribution in [0.5, 0.6) is 0 Å². The highest BCUT2D eigenvalue weighted by molar-refractivity contribution is 7.09. The lowest BCUT2D eigenvalue weighted by atomic mass is 9.93. The van der Waals surface area contributed by atoms with E-state index in [1.165, 1.54) is 17.1 Å². The second-order valence-electron chi connectivity index (χ2n) is 7.49. The van der Waals surface area contributed by atoms with Gasteiger partial charge in [0.05, 0.1) is 10.7 Å². The Morgan fingerprint density at radius 1 is 1.21 bits per heavy atom. The van der Waals surface area contributed by atoms with Gasteiger partial charge in [-0.2, -0.15) is 0 Å². The number of hydrogen-bond acceptors (Lipinski definition) is 3. The summed E-state index contributed by atoms with van der Waals surface area (Å²) in [6.07, 6.45) is 2.30. The van der Waals surface area contributed by atoms with Gasteiger partial charge >= 0.3 is 0 Å². The molecule has 1 heterocycles. The van der Waals surface area contributed by atoms with Crippen LogP contribution in [-0.4, -0.2) is 17.1 Å². The number of thiazole rings is 1. The summed E-state index contributed by atoms with van der Waals surface area (Å²) in [6, 6.07) is 0. The number of hydrogen-bond donors (Lipinski definition) is 1. The molecule has 0 spiro atoms. The molecule has 0 bridgehead atoms. The summed E-state index contributed by atoms with van der Waals surface area (Å²) < 4.78 is 0. The van der Waals surface area contributed by atoms with E-state index in [4.69, 9.17) is 4.98 Å². The predicted octanol–water partition coefficient (Wildman–Crippen LogP) is 4.40. The van der Waals surface area contributed by atoms with Gasteiger partial charge in [0.15, 0.2) is 0 Å². The third kappa shape index (κ3) is 6.05. The lowest BCUT2D eigenvalue weighted by Gasteiger charge is -2.24. The molecule has 1 rings (SSSR count). The van der Waals surface area contributed by atoms with E-state index in [2.05, 4.69) is 59.2 Å². The Kier molecular flexibility index (Phi) is 5.57. The third-order valence-corrected chi connectivity index (χ3v) is 4.15. The van der Waals surface area contributed by atoms with Gasteiger partial charge in [0.2, 0.25) is 0 Å². The molecule has 110 valence electrons. The highest BCUT2D eigenvalue weighted by Gasteiger charge is 2.19. The maximum absolute atomic E-state index is 4.80. The lowest BCUT2D eigenvalue weighted by Crippen LogP contribution is -2.39. The summed E-state index contributed by atoms with van der Waals surface area (Å²) in [5, 5.41) is 7.11. The van der Waals surface area contributed by atoms with Crippen molar-refractivity contribution in [1.82, 2.24) is 10.3 Å². The van der Waals surface area contributed by atoms with Crippen LogP contribution in [-0.2, 0) is 11.8 Å². The van der Waals surface area contributed by atoms with Gasteiger partial charge in [0, 0.05) is 22.8 Å². The second kappa shape index (κ2) is 6.36. The molecule has 3 heteroatoms. The van der Waals surface area contributed by atoms with E-state index in [1.807, 2.05) is 11.3 Å². The molecule has 0 aliphatic carbocycles. The number of nitrogens with zero attached hydrogens (tertiary/aromatic N) is 1. The standard InChI is InChI=1S/C16H30N2S/c1-8-12(10-17-16(5,6)7)9-14-18-13(11-19-14)15(2,3)4/h11-12,17H,8-10H2,1-7H3. The molecule has 0 amide bonds. The van der Waals surface area contributed by atoms with Crippen LogP contribution in [0.4, 0.5) is 0 Å². The SMILES string of the molecule is CCC(CNC(C)(C)C)Cc1nc(C(C)(C)C)cs1. The van der Waals surface area contributed by atoms with E-state index in [0.29, 0.717) is 5.92 Å². The van der Waals surface area contributed by atoms with Crippen molar-refractivity contribution in [3.05, 3.63) is 16.1 Å². The van der Waals surface area contributed by atoms with Crippen LogP contribution in [0.15, 0.2) is 5.38 Å². The Morgan fingerprint density at radius 2 is 1.84 bits per heavy atom. The summed E-state index contributed by atoms with van der Waals surface area (Å²) in [5.41, 5.74) is 1.60. The first kappa shape index (κ1) is 16.6. The van der Waals surface area contributed by atoms with Crippen LogP contribution >= 0.6 is 11.3 Å². The van der Waals surface area contributed by atoms with Crippen LogP contribution in [0.25, 0.3) is 0 Å². The van der Waals surface area contributed by atoms with E-state index >= 15 is 0 Å². The molecular weight excluding hydrogens is 252 g/mol. The summed E-state index contributed by atoms with van der Waals surface area (Å²) >= 11 is 1.81. The fourth-order valence-corrected chi connectivity index (χ4v) is 2.94. The first-order valence-corrected chi connectivity index (χ1v) is 8.19. The molecule has 1 unspecified atom stereocenters. The normalized spacial score (nSPS) is 14.7. The Labute approximate surface area is 123 Å². The van der Waals surface area contributed by atoms with Crippen molar-refractivity contribution in [2.24, 2.45) is 5.92 Å². The van der Waals surface area contributed by atoms with E-state index in [-0.39, 0.29) is 11.0 Å². The Balaban J connectivity index is 2.59. The summed E-state index contributed by atoms with van der Waals surface area (Å²) in [4.78, 5) is 4.80. The Bertz CT molecular complexity index is 382. The molecule has 0 radical (unpaired) electrons. The van der Waals surface area contributed by atoms with Gasteiger partial charge in [-0.25, -0.2) is 4.98 Å². The van der Waals surface area contributed by atoms with E-state index in [1.54, 1.807) is 0 Å². The quantitative estimate of drug-likeness (QED) is 0.866. The summed E-state index contributed by atoms with van der Waals surface area (Å²) in [6.45, 7) is 16.7. The average molecular weight is 282 g/mol. The van der Waals surface area contributed by atoms with Crippen LogP contribution in [0, 0.1) is 5.92 Å². The van der Waals surface area contributed by atoms with E-state index in [0.717, 1.165) is 13.0 Å². The van der Waals surface area contributed by atoms with Crippen LogP contribution in [0.2, 0.25) is 0 Å². The van der Waals surface area contributed by atoms with Crippen LogP contribution in [0.3, 0.4) is 0 Å². The second-order valence-corrected chi connectivity index (χ2v) is 8.43. The van der Waals surface area contributed by atoms with Crippen molar-refractivity contribution < 1.29 is 0 Å². The maximum atomic E-state index is 4.80. The first-order chi connectivity index (χ1) is 8.62. The highest BCUT2D eigenvalue weighted by atomic mass is 32.1. The molecule has 1 aromatic rings. The minimum absolute atomic E-state index is 0.167. The van der Waals surface area contributed by atoms with Gasteiger partial charge in [-0.15, -0.1) is 11.3 Å². The number of aromatic nitrogens is 1. The van der Waals surface area contributed by atoms with E-state index < -0.39 is 0 Å². The molecule has 19 heavy (non-hydrogen) atoms. The van der Waals surface area contributed by atoms with Crippen molar-refractivity contribution in [2.75, 3.05) is 6.54 Å². The smallest absolute Gasteiger partial charge is 0.0931 e. The molecular formula is C16H30N2S. The van der Waals surface area contributed by atoms with Crippen molar-refractivity contribution in [1.29, 1.82) is 0 Å². The molecule has 2 nitrogen and oxygen atoms in total. The molecule has 0 fully saturated rings. The zero-order valence-electron chi connectivity index (χ0n) is 13.6. The number of rotatable bonds is 5. The fraction of sp³-hybridized carbons (Fsp3) is 0.812. The molecule has 0 aliphatic heterocycles. The van der Waals surface area contributed by atoms with Crippen LogP contribution < -0.4 is 5.32 Å². The average Bonchev–Trinajstić information content (AvgIpc) is 2.70. The third-order valence-electron chi connectivity index (χ3n) is 3.28. The summed E-state index contributed by atoms with van der Waals surface area (Å²) in [7, 11) is 0. The van der Waals surface area contributed by atoms with Gasteiger partial charge in [-0.1, -0.05) is 34.1 Å². The van der Waals surface area contributed by atoms with E-state index in [9.17, 15) is 0 Å². The molecule has 0 aromatic carbocycles. The topological polar surface area (TPSA) is 24.9 Å². The zero-order valence-corrected chi connectivity index (χ0v) is 14.4. The molecule has 1 atom stereocenters. The first-order valence-electron chi connectivity index (χ1n) is 7.31. The molecule has 1 aromatic heterocycles. The largest absolute Gasteiger partial charge is 0.312 e. The minimum atomic E-state index is 0.167. The Hall–Kier alpha value is -0.410.